The quantitative estimate of drug-likeness (QED) is 0.561. The van der Waals surface area contributed by atoms with E-state index in [9.17, 15) is 4.79 Å². The molecule has 0 aromatic rings. The highest BCUT2D eigenvalue weighted by atomic mass is 16.5. The van der Waals surface area contributed by atoms with Gasteiger partial charge in [0.25, 0.3) is 0 Å². The first-order chi connectivity index (χ1) is 4.52. The second-order valence-corrected chi connectivity index (χ2v) is 3.36. The molecule has 0 aliphatic heterocycles. The van der Waals surface area contributed by atoms with E-state index in [0.717, 1.165) is 12.7 Å². The molecule has 1 unspecified atom stereocenters. The van der Waals surface area contributed by atoms with Crippen LogP contribution in [0.5, 0.6) is 0 Å². The summed E-state index contributed by atoms with van der Waals surface area (Å²) >= 11 is 0. The van der Waals surface area contributed by atoms with E-state index in [0.29, 0.717) is 0 Å². The highest BCUT2D eigenvalue weighted by Gasteiger charge is 2.19. The van der Waals surface area contributed by atoms with E-state index in [4.69, 9.17) is 4.74 Å². The first kappa shape index (κ1) is 9.63. The zero-order valence-corrected chi connectivity index (χ0v) is 7.18. The number of carbonyl (C=O) groups is 1. The number of ether oxygens (including phenoxy) is 1. The predicted molar refractivity (Wildman–Crippen MR) is 40.9 cm³/mol. The molecule has 0 heterocycles. The van der Waals surface area contributed by atoms with Gasteiger partial charge in [0.15, 0.2) is 0 Å². The molecule has 10 heavy (non-hydrogen) atoms. The predicted octanol–water partition coefficient (Wildman–Crippen LogP) is 1.64. The van der Waals surface area contributed by atoms with E-state index in [1.807, 2.05) is 20.8 Å². The fourth-order valence-corrected chi connectivity index (χ4v) is 0.872. The molecule has 0 spiro atoms. The Bertz CT molecular complexity index is 108. The summed E-state index contributed by atoms with van der Waals surface area (Å²) in [5, 5.41) is 0. The normalized spacial score (nSPS) is 14.8. The van der Waals surface area contributed by atoms with Gasteiger partial charge in [-0.15, -0.1) is 0 Å². The Kier molecular flexibility index (Phi) is 3.58. The van der Waals surface area contributed by atoms with E-state index < -0.39 is 0 Å². The summed E-state index contributed by atoms with van der Waals surface area (Å²) in [6.07, 6.45) is 1.93. The summed E-state index contributed by atoms with van der Waals surface area (Å²) in [5.41, 5.74) is -0.241. The zero-order chi connectivity index (χ0) is 8.20. The Labute approximate surface area is 62.6 Å². The van der Waals surface area contributed by atoms with Gasteiger partial charge in [-0.3, -0.25) is 0 Å². The molecule has 2 nitrogen and oxygen atoms in total. The molecule has 0 amide bonds. The topological polar surface area (TPSA) is 26.3 Å². The van der Waals surface area contributed by atoms with Gasteiger partial charge in [-0.1, -0.05) is 13.8 Å². The third-order valence-electron chi connectivity index (χ3n) is 1.53. The lowest BCUT2D eigenvalue weighted by Crippen LogP contribution is -2.20. The molecule has 2 heteroatoms. The summed E-state index contributed by atoms with van der Waals surface area (Å²) in [5.74, 6) is 0. The number of aldehydes is 1. The molecule has 0 fully saturated rings. The molecule has 0 aromatic heterocycles. The minimum Gasteiger partial charge on any atom is -0.382 e. The van der Waals surface area contributed by atoms with Gasteiger partial charge in [-0.05, 0) is 13.3 Å². The maximum atomic E-state index is 10.4. The number of rotatable bonds is 4. The highest BCUT2D eigenvalue weighted by molar-refractivity contribution is 5.57. The summed E-state index contributed by atoms with van der Waals surface area (Å²) in [6.45, 7) is 5.79. The molecular formula is C8H16O2. The summed E-state index contributed by atoms with van der Waals surface area (Å²) in [7, 11) is 1.66. The lowest BCUT2D eigenvalue weighted by atomic mass is 9.89. The molecule has 0 radical (unpaired) electrons. The Morgan fingerprint density at radius 1 is 1.60 bits per heavy atom. The molecule has 0 aromatic carbocycles. The van der Waals surface area contributed by atoms with Gasteiger partial charge in [0.05, 0.1) is 6.10 Å². The molecule has 60 valence electrons. The van der Waals surface area contributed by atoms with Crippen molar-refractivity contribution in [3.05, 3.63) is 0 Å². The van der Waals surface area contributed by atoms with Crippen molar-refractivity contribution < 1.29 is 9.53 Å². The SMILES string of the molecule is COC(C)CC(C)(C)C=O. The smallest absolute Gasteiger partial charge is 0.125 e. The van der Waals surface area contributed by atoms with Crippen LogP contribution in [0.25, 0.3) is 0 Å². The number of hydrogen-bond donors (Lipinski definition) is 0. The molecule has 1 atom stereocenters. The first-order valence-electron chi connectivity index (χ1n) is 3.51. The minimum atomic E-state index is -0.241. The van der Waals surface area contributed by atoms with Crippen molar-refractivity contribution in [1.82, 2.24) is 0 Å². The third kappa shape index (κ3) is 3.62. The Morgan fingerprint density at radius 3 is 2.40 bits per heavy atom. The van der Waals surface area contributed by atoms with Crippen molar-refractivity contribution in [1.29, 1.82) is 0 Å². The summed E-state index contributed by atoms with van der Waals surface area (Å²) < 4.78 is 5.03. The second kappa shape index (κ2) is 3.71. The van der Waals surface area contributed by atoms with Crippen molar-refractivity contribution in [3.63, 3.8) is 0 Å². The number of hydrogen-bond acceptors (Lipinski definition) is 2. The van der Waals surface area contributed by atoms with Crippen LogP contribution in [0.1, 0.15) is 27.2 Å². The zero-order valence-electron chi connectivity index (χ0n) is 7.18. The highest BCUT2D eigenvalue weighted by Crippen LogP contribution is 2.19. The van der Waals surface area contributed by atoms with E-state index in [1.165, 1.54) is 0 Å². The van der Waals surface area contributed by atoms with Gasteiger partial charge in [0.1, 0.15) is 6.29 Å². The van der Waals surface area contributed by atoms with Crippen LogP contribution in [0.3, 0.4) is 0 Å². The Hall–Kier alpha value is -0.370. The average molecular weight is 144 g/mol. The molecule has 0 rings (SSSR count). The van der Waals surface area contributed by atoms with Crippen molar-refractivity contribution in [2.45, 2.75) is 33.3 Å². The maximum Gasteiger partial charge on any atom is 0.125 e. The van der Waals surface area contributed by atoms with Crippen LogP contribution >= 0.6 is 0 Å². The van der Waals surface area contributed by atoms with Crippen LogP contribution in [0.4, 0.5) is 0 Å². The molecular weight excluding hydrogens is 128 g/mol. The van der Waals surface area contributed by atoms with E-state index in [-0.39, 0.29) is 11.5 Å². The molecule has 0 aliphatic carbocycles. The fraction of sp³-hybridized carbons (Fsp3) is 0.875. The van der Waals surface area contributed by atoms with Crippen LogP contribution in [0.15, 0.2) is 0 Å². The van der Waals surface area contributed by atoms with Gasteiger partial charge in [0, 0.05) is 12.5 Å². The van der Waals surface area contributed by atoms with Gasteiger partial charge >= 0.3 is 0 Å². The van der Waals surface area contributed by atoms with E-state index in [2.05, 4.69) is 0 Å². The average Bonchev–Trinajstić information content (AvgIpc) is 1.87. The van der Waals surface area contributed by atoms with Crippen molar-refractivity contribution >= 4 is 6.29 Å². The van der Waals surface area contributed by atoms with Gasteiger partial charge in [0.2, 0.25) is 0 Å². The van der Waals surface area contributed by atoms with Crippen molar-refractivity contribution in [2.75, 3.05) is 7.11 Å². The lowest BCUT2D eigenvalue weighted by Gasteiger charge is -2.20. The Balaban J connectivity index is 3.75. The maximum absolute atomic E-state index is 10.4. The fourth-order valence-electron chi connectivity index (χ4n) is 0.872. The van der Waals surface area contributed by atoms with Gasteiger partial charge < -0.3 is 9.53 Å². The van der Waals surface area contributed by atoms with Crippen molar-refractivity contribution in [2.24, 2.45) is 5.41 Å². The molecule has 0 aliphatic rings. The standard InChI is InChI=1S/C8H16O2/c1-7(10-4)5-8(2,3)6-9/h6-7H,5H2,1-4H3. The summed E-state index contributed by atoms with van der Waals surface area (Å²) in [4.78, 5) is 10.4. The molecule has 0 saturated heterocycles. The molecule has 0 saturated carbocycles. The van der Waals surface area contributed by atoms with E-state index in [1.54, 1.807) is 7.11 Å². The third-order valence-corrected chi connectivity index (χ3v) is 1.53. The van der Waals surface area contributed by atoms with Crippen LogP contribution in [-0.4, -0.2) is 19.5 Å². The Morgan fingerprint density at radius 2 is 2.10 bits per heavy atom. The van der Waals surface area contributed by atoms with Gasteiger partial charge in [-0.25, -0.2) is 0 Å². The summed E-state index contributed by atoms with van der Waals surface area (Å²) in [6, 6.07) is 0. The minimum absolute atomic E-state index is 0.167. The van der Waals surface area contributed by atoms with Crippen LogP contribution in [0, 0.1) is 5.41 Å². The monoisotopic (exact) mass is 144 g/mol. The number of methoxy groups -OCH3 is 1. The lowest BCUT2D eigenvalue weighted by molar-refractivity contribution is -0.116. The molecule has 0 bridgehead atoms. The van der Waals surface area contributed by atoms with E-state index >= 15 is 0 Å². The van der Waals surface area contributed by atoms with Crippen LogP contribution in [-0.2, 0) is 9.53 Å². The first-order valence-corrected chi connectivity index (χ1v) is 3.51. The van der Waals surface area contributed by atoms with Crippen LogP contribution < -0.4 is 0 Å². The number of carbonyl (C=O) groups excluding carboxylic acids is 1. The van der Waals surface area contributed by atoms with Gasteiger partial charge in [-0.2, -0.15) is 0 Å². The molecule has 0 N–H and O–H groups in total. The largest absolute Gasteiger partial charge is 0.382 e. The van der Waals surface area contributed by atoms with Crippen LogP contribution in [0.2, 0.25) is 0 Å². The second-order valence-electron chi connectivity index (χ2n) is 3.36. The van der Waals surface area contributed by atoms with Crippen molar-refractivity contribution in [3.8, 4) is 0 Å².